The van der Waals surface area contributed by atoms with Crippen LogP contribution < -0.4 is 10.1 Å². The van der Waals surface area contributed by atoms with Crippen LogP contribution in [0.2, 0.25) is 0 Å². The summed E-state index contributed by atoms with van der Waals surface area (Å²) < 4.78 is 19.0. The Labute approximate surface area is 113 Å². The van der Waals surface area contributed by atoms with Crippen molar-refractivity contribution in [3.63, 3.8) is 0 Å². The largest absolute Gasteiger partial charge is 0.489 e. The molecule has 0 atom stereocenters. The van der Waals surface area contributed by atoms with E-state index in [2.05, 4.69) is 17.4 Å². The normalized spacial score (nSPS) is 10.5. The third kappa shape index (κ3) is 3.80. The Balaban J connectivity index is 2.01. The van der Waals surface area contributed by atoms with Crippen molar-refractivity contribution in [3.8, 4) is 5.75 Å². The van der Waals surface area contributed by atoms with Crippen LogP contribution in [0.4, 0.5) is 4.39 Å². The first-order valence-corrected chi connectivity index (χ1v) is 6.30. The first kappa shape index (κ1) is 13.6. The fraction of sp³-hybridized carbons (Fsp3) is 0.250. The molecule has 0 spiro atoms. The van der Waals surface area contributed by atoms with Gasteiger partial charge in [-0.1, -0.05) is 30.3 Å². The summed E-state index contributed by atoms with van der Waals surface area (Å²) >= 11 is 0. The molecule has 1 N–H and O–H groups in total. The van der Waals surface area contributed by atoms with Crippen molar-refractivity contribution in [1.82, 2.24) is 5.32 Å². The second-order valence-corrected chi connectivity index (χ2v) is 4.55. The average Bonchev–Trinajstić information content (AvgIpc) is 2.41. The summed E-state index contributed by atoms with van der Waals surface area (Å²) in [6, 6.07) is 13.1. The SMILES string of the molecule is CNCc1cccc(COc2ccc(C)c(F)c2)c1. The summed E-state index contributed by atoms with van der Waals surface area (Å²) in [5.41, 5.74) is 2.91. The van der Waals surface area contributed by atoms with E-state index in [1.54, 1.807) is 19.1 Å². The summed E-state index contributed by atoms with van der Waals surface area (Å²) in [7, 11) is 1.91. The number of rotatable bonds is 5. The average molecular weight is 259 g/mol. The molecule has 2 nitrogen and oxygen atoms in total. The minimum absolute atomic E-state index is 0.235. The minimum atomic E-state index is -0.235. The maximum absolute atomic E-state index is 13.4. The predicted molar refractivity (Wildman–Crippen MR) is 74.7 cm³/mol. The van der Waals surface area contributed by atoms with Gasteiger partial charge in [-0.2, -0.15) is 0 Å². The molecule has 0 heterocycles. The Bertz CT molecular complexity index is 554. The molecule has 0 fully saturated rings. The third-order valence-electron chi connectivity index (χ3n) is 2.92. The van der Waals surface area contributed by atoms with Gasteiger partial charge in [0.2, 0.25) is 0 Å². The van der Waals surface area contributed by atoms with Crippen molar-refractivity contribution >= 4 is 0 Å². The van der Waals surface area contributed by atoms with E-state index in [4.69, 9.17) is 4.74 Å². The van der Waals surface area contributed by atoms with E-state index in [0.717, 1.165) is 12.1 Å². The molecule has 100 valence electrons. The van der Waals surface area contributed by atoms with Crippen LogP contribution in [0.25, 0.3) is 0 Å². The van der Waals surface area contributed by atoms with Crippen molar-refractivity contribution in [2.75, 3.05) is 7.05 Å². The van der Waals surface area contributed by atoms with E-state index in [1.807, 2.05) is 19.2 Å². The van der Waals surface area contributed by atoms with Gasteiger partial charge in [0.25, 0.3) is 0 Å². The van der Waals surface area contributed by atoms with Crippen LogP contribution in [0.15, 0.2) is 42.5 Å². The van der Waals surface area contributed by atoms with E-state index in [9.17, 15) is 4.39 Å². The topological polar surface area (TPSA) is 21.3 Å². The van der Waals surface area contributed by atoms with Gasteiger partial charge in [-0.25, -0.2) is 4.39 Å². The number of nitrogens with one attached hydrogen (secondary N) is 1. The monoisotopic (exact) mass is 259 g/mol. The molecule has 0 radical (unpaired) electrons. The van der Waals surface area contributed by atoms with Crippen molar-refractivity contribution < 1.29 is 9.13 Å². The number of hydrogen-bond acceptors (Lipinski definition) is 2. The molecule has 2 aromatic carbocycles. The lowest BCUT2D eigenvalue weighted by atomic mass is 10.1. The Morgan fingerprint density at radius 1 is 1.11 bits per heavy atom. The summed E-state index contributed by atoms with van der Waals surface area (Å²) in [4.78, 5) is 0. The summed E-state index contributed by atoms with van der Waals surface area (Å²) in [5, 5.41) is 3.11. The number of halogens is 1. The summed E-state index contributed by atoms with van der Waals surface area (Å²) in [6.45, 7) is 3.01. The number of hydrogen-bond donors (Lipinski definition) is 1. The molecule has 19 heavy (non-hydrogen) atoms. The van der Waals surface area contributed by atoms with Gasteiger partial charge in [0, 0.05) is 12.6 Å². The molecule has 0 unspecified atom stereocenters. The van der Waals surface area contributed by atoms with E-state index in [-0.39, 0.29) is 5.82 Å². The van der Waals surface area contributed by atoms with Crippen LogP contribution in [-0.4, -0.2) is 7.05 Å². The number of benzene rings is 2. The van der Waals surface area contributed by atoms with Gasteiger partial charge in [-0.15, -0.1) is 0 Å². The van der Waals surface area contributed by atoms with Gasteiger partial charge in [0.1, 0.15) is 18.2 Å². The molecule has 0 aromatic heterocycles. The zero-order valence-corrected chi connectivity index (χ0v) is 11.2. The minimum Gasteiger partial charge on any atom is -0.489 e. The molecule has 0 bridgehead atoms. The van der Waals surface area contributed by atoms with Crippen molar-refractivity contribution in [1.29, 1.82) is 0 Å². The van der Waals surface area contributed by atoms with Gasteiger partial charge in [-0.3, -0.25) is 0 Å². The maximum atomic E-state index is 13.4. The van der Waals surface area contributed by atoms with Crippen LogP contribution in [-0.2, 0) is 13.2 Å². The van der Waals surface area contributed by atoms with Gasteiger partial charge < -0.3 is 10.1 Å². The highest BCUT2D eigenvalue weighted by Gasteiger charge is 2.01. The van der Waals surface area contributed by atoms with Crippen molar-refractivity contribution in [2.24, 2.45) is 0 Å². The fourth-order valence-corrected chi connectivity index (χ4v) is 1.86. The molecule has 0 amide bonds. The quantitative estimate of drug-likeness (QED) is 0.888. The lowest BCUT2D eigenvalue weighted by Crippen LogP contribution is -2.05. The molecule has 3 heteroatoms. The van der Waals surface area contributed by atoms with Gasteiger partial charge in [-0.05, 0) is 36.7 Å². The van der Waals surface area contributed by atoms with Crippen LogP contribution in [0.5, 0.6) is 5.75 Å². The summed E-state index contributed by atoms with van der Waals surface area (Å²) in [6.07, 6.45) is 0. The first-order chi connectivity index (χ1) is 9.19. The fourth-order valence-electron chi connectivity index (χ4n) is 1.86. The first-order valence-electron chi connectivity index (χ1n) is 6.30. The van der Waals surface area contributed by atoms with E-state index in [0.29, 0.717) is 17.9 Å². The van der Waals surface area contributed by atoms with Crippen LogP contribution in [0.3, 0.4) is 0 Å². The van der Waals surface area contributed by atoms with E-state index in [1.165, 1.54) is 11.6 Å². The van der Waals surface area contributed by atoms with Crippen molar-refractivity contribution in [2.45, 2.75) is 20.1 Å². The molecule has 0 saturated carbocycles. The Morgan fingerprint density at radius 3 is 2.63 bits per heavy atom. The van der Waals surface area contributed by atoms with Gasteiger partial charge in [0.05, 0.1) is 0 Å². The molecular weight excluding hydrogens is 241 g/mol. The lowest BCUT2D eigenvalue weighted by Gasteiger charge is -2.08. The van der Waals surface area contributed by atoms with Crippen LogP contribution in [0, 0.1) is 12.7 Å². The van der Waals surface area contributed by atoms with Crippen LogP contribution >= 0.6 is 0 Å². The Morgan fingerprint density at radius 2 is 1.89 bits per heavy atom. The van der Waals surface area contributed by atoms with E-state index < -0.39 is 0 Å². The van der Waals surface area contributed by atoms with Gasteiger partial charge >= 0.3 is 0 Å². The highest BCUT2D eigenvalue weighted by Crippen LogP contribution is 2.17. The third-order valence-corrected chi connectivity index (χ3v) is 2.92. The molecule has 0 saturated heterocycles. The second-order valence-electron chi connectivity index (χ2n) is 4.55. The molecule has 0 aliphatic rings. The molecule has 0 aliphatic carbocycles. The lowest BCUT2D eigenvalue weighted by molar-refractivity contribution is 0.304. The van der Waals surface area contributed by atoms with Crippen molar-refractivity contribution in [3.05, 3.63) is 65.0 Å². The summed E-state index contributed by atoms with van der Waals surface area (Å²) in [5.74, 6) is 0.323. The van der Waals surface area contributed by atoms with Gasteiger partial charge in [0.15, 0.2) is 0 Å². The predicted octanol–water partition coefficient (Wildman–Crippen LogP) is 3.43. The standard InChI is InChI=1S/C16H18FNO/c1-12-6-7-15(9-16(12)17)19-11-14-5-3-4-13(8-14)10-18-2/h3-9,18H,10-11H2,1-2H3. The zero-order chi connectivity index (χ0) is 13.7. The Hall–Kier alpha value is -1.87. The molecule has 2 aromatic rings. The smallest absolute Gasteiger partial charge is 0.129 e. The highest BCUT2D eigenvalue weighted by atomic mass is 19.1. The highest BCUT2D eigenvalue weighted by molar-refractivity contribution is 5.29. The molecule has 0 aliphatic heterocycles. The zero-order valence-electron chi connectivity index (χ0n) is 11.2. The maximum Gasteiger partial charge on any atom is 0.129 e. The second kappa shape index (κ2) is 6.34. The van der Waals surface area contributed by atoms with E-state index >= 15 is 0 Å². The van der Waals surface area contributed by atoms with Crippen LogP contribution in [0.1, 0.15) is 16.7 Å². The number of aryl methyl sites for hydroxylation is 1. The number of ether oxygens (including phenoxy) is 1. The molecular formula is C16H18FNO. The Kier molecular flexibility index (Phi) is 4.53. The molecule has 2 rings (SSSR count).